The molecule has 27 heavy (non-hydrogen) atoms. The number of H-pyrrole nitrogens is 1. The highest BCUT2D eigenvalue weighted by Gasteiger charge is 2.76. The van der Waals surface area contributed by atoms with Gasteiger partial charge in [-0.15, -0.1) is 0 Å². The highest BCUT2D eigenvalue weighted by molar-refractivity contribution is 5.95. The van der Waals surface area contributed by atoms with Gasteiger partial charge in [0.1, 0.15) is 5.75 Å². The lowest BCUT2D eigenvalue weighted by molar-refractivity contribution is -0.367. The van der Waals surface area contributed by atoms with Crippen LogP contribution in [0.15, 0.2) is 48.7 Å². The third-order valence-electron chi connectivity index (χ3n) is 3.53. The summed E-state index contributed by atoms with van der Waals surface area (Å²) in [7, 11) is 1.31. The number of aromatic amines is 1. The van der Waals surface area contributed by atoms with Crippen LogP contribution in [0.3, 0.4) is 0 Å². The van der Waals surface area contributed by atoms with Crippen molar-refractivity contribution in [1.82, 2.24) is 5.32 Å². The van der Waals surface area contributed by atoms with Crippen LogP contribution in [0.4, 0.5) is 32.2 Å². The molecule has 2 aromatic rings. The van der Waals surface area contributed by atoms with Gasteiger partial charge in [0.15, 0.2) is 0 Å². The number of hydrogen-bond acceptors (Lipinski definition) is 3. The Labute approximate surface area is 149 Å². The van der Waals surface area contributed by atoms with E-state index in [9.17, 15) is 31.1 Å². The monoisotopic (exact) mass is 394 g/mol. The largest absolute Gasteiger partial charge is 0.497 e. The summed E-state index contributed by atoms with van der Waals surface area (Å²) in [5, 5.41) is 2.39. The summed E-state index contributed by atoms with van der Waals surface area (Å²) < 4.78 is 86.0. The molecule has 0 aliphatic heterocycles. The van der Waals surface area contributed by atoms with Gasteiger partial charge in [-0.1, -0.05) is 6.07 Å². The van der Waals surface area contributed by atoms with E-state index < -0.39 is 35.3 Å². The molecule has 0 bridgehead atoms. The molecule has 0 aliphatic rings. The maximum absolute atomic E-state index is 13.5. The average Bonchev–Trinajstić information content (AvgIpc) is 2.60. The van der Waals surface area contributed by atoms with Crippen LogP contribution in [-0.4, -0.2) is 31.0 Å². The number of methoxy groups -OCH3 is 1. The molecule has 11 heteroatoms. The molecule has 146 valence electrons. The number of hydrogen-bond donors (Lipinski definition) is 2. The van der Waals surface area contributed by atoms with Crippen molar-refractivity contribution in [3.63, 3.8) is 0 Å². The van der Waals surface area contributed by atoms with Gasteiger partial charge >= 0.3 is 18.0 Å². The summed E-state index contributed by atoms with van der Waals surface area (Å²) in [6.45, 7) is 0. The Morgan fingerprint density at radius 3 is 2.00 bits per heavy atom. The number of pyridine rings is 1. The van der Waals surface area contributed by atoms with Crippen molar-refractivity contribution in [1.29, 1.82) is 0 Å². The van der Waals surface area contributed by atoms with Crippen LogP contribution < -0.4 is 20.4 Å². The first-order valence-corrected chi connectivity index (χ1v) is 7.35. The molecule has 0 fully saturated rings. The minimum atomic E-state index is -5.91. The van der Waals surface area contributed by atoms with Crippen molar-refractivity contribution in [3.05, 3.63) is 54.2 Å². The summed E-state index contributed by atoms with van der Waals surface area (Å²) in [5.41, 5.74) is -5.12. The van der Waals surface area contributed by atoms with Gasteiger partial charge in [0.2, 0.25) is 0 Å². The molecule has 1 aromatic carbocycles. The average molecular weight is 394 g/mol. The molecule has 3 N–H and O–H groups in total. The van der Waals surface area contributed by atoms with E-state index in [0.717, 1.165) is 29.7 Å². The quantitative estimate of drug-likeness (QED) is 0.605. The van der Waals surface area contributed by atoms with Gasteiger partial charge in [-0.2, -0.15) is 26.3 Å². The Bertz CT molecular complexity index is 761. The van der Waals surface area contributed by atoms with Gasteiger partial charge in [0.25, 0.3) is 11.7 Å². The van der Waals surface area contributed by atoms with Crippen LogP contribution in [0.25, 0.3) is 0 Å². The zero-order chi connectivity index (χ0) is 20.3. The molecule has 0 aliphatic carbocycles. The number of amides is 1. The van der Waals surface area contributed by atoms with E-state index >= 15 is 0 Å². The fraction of sp³-hybridized carbons (Fsp3) is 0.250. The molecule has 2 rings (SSSR count). The molecule has 1 heterocycles. The zero-order valence-electron chi connectivity index (χ0n) is 13.7. The molecule has 5 nitrogen and oxygen atoms in total. The summed E-state index contributed by atoms with van der Waals surface area (Å²) in [6.07, 6.45) is -10.7. The van der Waals surface area contributed by atoms with Crippen LogP contribution in [0.5, 0.6) is 5.75 Å². The highest BCUT2D eigenvalue weighted by Crippen LogP contribution is 2.43. The van der Waals surface area contributed by atoms with Crippen molar-refractivity contribution in [2.24, 2.45) is 0 Å². The number of ether oxygens (including phenoxy) is 1. The van der Waals surface area contributed by atoms with E-state index in [1.807, 2.05) is 0 Å². The number of halogens is 6. The Morgan fingerprint density at radius 2 is 1.56 bits per heavy atom. The molecule has 0 radical (unpaired) electrons. The van der Waals surface area contributed by atoms with E-state index in [2.05, 4.69) is 4.98 Å². The molecular formula is C16H14F6N3O2+. The molecule has 0 spiro atoms. The second kappa shape index (κ2) is 7.33. The number of alkyl halides is 6. The van der Waals surface area contributed by atoms with Crippen LogP contribution in [0, 0.1) is 0 Å². The maximum atomic E-state index is 13.5. The number of carbonyl (C=O) groups is 1. The lowest BCUT2D eigenvalue weighted by Gasteiger charge is -2.34. The van der Waals surface area contributed by atoms with E-state index in [-0.39, 0.29) is 5.75 Å². The smallest absolute Gasteiger partial charge is 0.462 e. The number of rotatable bonds is 5. The van der Waals surface area contributed by atoms with Gasteiger partial charge in [0, 0.05) is 11.6 Å². The fourth-order valence-electron chi connectivity index (χ4n) is 2.13. The van der Waals surface area contributed by atoms with E-state index in [0.29, 0.717) is 0 Å². The first kappa shape index (κ1) is 20.3. The van der Waals surface area contributed by atoms with Crippen molar-refractivity contribution in [3.8, 4) is 5.75 Å². The van der Waals surface area contributed by atoms with Gasteiger partial charge in [-0.25, -0.2) is 10.3 Å². The molecule has 0 saturated carbocycles. The van der Waals surface area contributed by atoms with Crippen LogP contribution >= 0.6 is 0 Å². The summed E-state index contributed by atoms with van der Waals surface area (Å²) in [6, 6.07) is 8.10. The van der Waals surface area contributed by atoms with Crippen molar-refractivity contribution < 1.29 is 40.9 Å². The third kappa shape index (κ3) is 4.23. The SMILES string of the molecule is COc1ccc(C(=O)NC(Nc2cccc[nH+]2)(C(F)(F)F)C(F)(F)F)cc1. The van der Waals surface area contributed by atoms with Gasteiger partial charge in [-0.3, -0.25) is 10.1 Å². The minimum absolute atomic E-state index is 0.279. The summed E-state index contributed by atoms with van der Waals surface area (Å²) >= 11 is 0. The topological polar surface area (TPSA) is 64.5 Å². The number of anilines is 1. The van der Waals surface area contributed by atoms with Crippen LogP contribution in [0.1, 0.15) is 10.4 Å². The second-order valence-corrected chi connectivity index (χ2v) is 5.33. The van der Waals surface area contributed by atoms with Crippen molar-refractivity contribution >= 4 is 11.7 Å². The molecule has 0 unspecified atom stereocenters. The first-order chi connectivity index (χ1) is 12.5. The Kier molecular flexibility index (Phi) is 5.52. The Morgan fingerprint density at radius 1 is 0.963 bits per heavy atom. The lowest BCUT2D eigenvalue weighted by Crippen LogP contribution is -2.72. The number of benzene rings is 1. The van der Waals surface area contributed by atoms with Crippen molar-refractivity contribution in [2.75, 3.05) is 12.4 Å². The normalized spacial score (nSPS) is 12.4. The molecule has 1 amide bonds. The molecule has 1 aromatic heterocycles. The van der Waals surface area contributed by atoms with Gasteiger partial charge < -0.3 is 4.74 Å². The summed E-state index contributed by atoms with van der Waals surface area (Å²) in [5.74, 6) is -1.89. The van der Waals surface area contributed by atoms with Crippen LogP contribution in [0.2, 0.25) is 0 Å². The number of carbonyl (C=O) groups excluding carboxylic acids is 1. The molecule has 0 atom stereocenters. The second-order valence-electron chi connectivity index (χ2n) is 5.33. The van der Waals surface area contributed by atoms with Crippen molar-refractivity contribution in [2.45, 2.75) is 18.0 Å². The summed E-state index contributed by atoms with van der Waals surface area (Å²) in [4.78, 5) is 14.4. The van der Waals surface area contributed by atoms with Gasteiger partial charge in [-0.05, 0) is 30.3 Å². The minimum Gasteiger partial charge on any atom is -0.497 e. The Balaban J connectivity index is 2.45. The van der Waals surface area contributed by atoms with Crippen LogP contribution in [-0.2, 0) is 0 Å². The third-order valence-corrected chi connectivity index (χ3v) is 3.53. The standard InChI is InChI=1S/C16H13F6N3O2/c1-27-11-7-5-10(6-8-11)13(26)25-14(15(17,18)19,16(20,21)22)24-12-4-2-3-9-23-12/h2-9H,1H3,(H,23,24)(H,25,26)/p+1. The van der Waals surface area contributed by atoms with E-state index in [1.54, 1.807) is 0 Å². The Hall–Kier alpha value is -2.98. The van der Waals surface area contributed by atoms with Gasteiger partial charge in [0.05, 0.1) is 13.3 Å². The maximum Gasteiger partial charge on any atom is 0.462 e. The first-order valence-electron chi connectivity index (χ1n) is 7.35. The zero-order valence-corrected chi connectivity index (χ0v) is 13.7. The number of nitrogens with one attached hydrogen (secondary N) is 3. The lowest BCUT2D eigenvalue weighted by atomic mass is 10.1. The highest BCUT2D eigenvalue weighted by atomic mass is 19.4. The predicted molar refractivity (Wildman–Crippen MR) is 81.9 cm³/mol. The van der Waals surface area contributed by atoms with E-state index in [1.165, 1.54) is 36.7 Å². The fourth-order valence-corrected chi connectivity index (χ4v) is 2.13. The predicted octanol–water partition coefficient (Wildman–Crippen LogP) is 3.17. The van der Waals surface area contributed by atoms with E-state index in [4.69, 9.17) is 4.74 Å². The molecular weight excluding hydrogens is 380 g/mol. The molecule has 0 saturated heterocycles. The number of aromatic nitrogens is 1.